The lowest BCUT2D eigenvalue weighted by molar-refractivity contribution is 0.175. The quantitative estimate of drug-likeness (QED) is 0.773. The predicted molar refractivity (Wildman–Crippen MR) is 60.3 cm³/mol. The van der Waals surface area contributed by atoms with Crippen molar-refractivity contribution in [1.29, 1.82) is 0 Å². The summed E-state index contributed by atoms with van der Waals surface area (Å²) >= 11 is 0. The van der Waals surface area contributed by atoms with Gasteiger partial charge in [0.15, 0.2) is 0 Å². The predicted octanol–water partition coefficient (Wildman–Crippen LogP) is 1.52. The molecule has 1 aromatic carbocycles. The minimum absolute atomic E-state index is 0.277. The number of fused-ring (bicyclic) bond motifs is 1. The van der Waals surface area contributed by atoms with Crippen molar-refractivity contribution in [3.8, 4) is 5.75 Å². The molecule has 2 atom stereocenters. The lowest BCUT2D eigenvalue weighted by atomic mass is 10.1. The Morgan fingerprint density at radius 2 is 2.27 bits per heavy atom. The Morgan fingerprint density at radius 1 is 1.53 bits per heavy atom. The fourth-order valence-corrected chi connectivity index (χ4v) is 2.30. The van der Waals surface area contributed by atoms with Crippen molar-refractivity contribution in [2.45, 2.75) is 31.9 Å². The van der Waals surface area contributed by atoms with Gasteiger partial charge in [-0.2, -0.15) is 0 Å². The van der Waals surface area contributed by atoms with Gasteiger partial charge >= 0.3 is 0 Å². The number of aliphatic hydroxyl groups excluding tert-OH is 1. The number of aliphatic hydroxyl groups is 1. The maximum Gasteiger partial charge on any atom is 0.116 e. The fourth-order valence-electron chi connectivity index (χ4n) is 2.30. The van der Waals surface area contributed by atoms with Crippen molar-refractivity contribution >= 4 is 5.69 Å². The summed E-state index contributed by atoms with van der Waals surface area (Å²) in [6, 6.07) is 5.81. The van der Waals surface area contributed by atoms with E-state index in [-0.39, 0.29) is 6.10 Å². The topological polar surface area (TPSA) is 43.7 Å². The van der Waals surface area contributed by atoms with E-state index >= 15 is 0 Å². The van der Waals surface area contributed by atoms with Crippen molar-refractivity contribution in [3.63, 3.8) is 0 Å². The number of benzene rings is 1. The van der Waals surface area contributed by atoms with E-state index in [1.807, 2.05) is 26.1 Å². The molecule has 0 aliphatic carbocycles. The zero-order valence-corrected chi connectivity index (χ0v) is 9.14. The maximum absolute atomic E-state index is 9.39. The molecule has 0 spiro atoms. The largest absolute Gasteiger partial charge is 0.508 e. The van der Waals surface area contributed by atoms with Gasteiger partial charge in [-0.15, -0.1) is 0 Å². The third-order valence-corrected chi connectivity index (χ3v) is 3.06. The Bertz CT molecular complexity index is 363. The van der Waals surface area contributed by atoms with Crippen molar-refractivity contribution < 1.29 is 10.2 Å². The molecule has 0 radical (unpaired) electrons. The van der Waals surface area contributed by atoms with Crippen molar-refractivity contribution in [1.82, 2.24) is 0 Å². The van der Waals surface area contributed by atoms with Crippen LogP contribution in [0.3, 0.4) is 0 Å². The van der Waals surface area contributed by atoms with E-state index in [2.05, 4.69) is 4.90 Å². The highest BCUT2D eigenvalue weighted by molar-refractivity contribution is 5.60. The maximum atomic E-state index is 9.39. The highest BCUT2D eigenvalue weighted by Gasteiger charge is 2.27. The summed E-state index contributed by atoms with van der Waals surface area (Å²) in [4.78, 5) is 2.18. The number of phenolic OH excluding ortho intramolecular Hbond substituents is 1. The summed E-state index contributed by atoms with van der Waals surface area (Å²) in [5.41, 5.74) is 2.33. The highest BCUT2D eigenvalue weighted by Crippen LogP contribution is 2.34. The van der Waals surface area contributed by atoms with E-state index < -0.39 is 0 Å². The first-order valence-corrected chi connectivity index (χ1v) is 5.30. The molecule has 0 saturated heterocycles. The van der Waals surface area contributed by atoms with Crippen LogP contribution in [0.15, 0.2) is 18.2 Å². The Balaban J connectivity index is 2.21. The van der Waals surface area contributed by atoms with Crippen LogP contribution >= 0.6 is 0 Å². The van der Waals surface area contributed by atoms with Crippen LogP contribution in [0.25, 0.3) is 0 Å². The number of phenols is 1. The molecule has 0 aromatic heterocycles. The lowest BCUT2D eigenvalue weighted by Gasteiger charge is -2.23. The van der Waals surface area contributed by atoms with Gasteiger partial charge in [-0.3, -0.25) is 0 Å². The van der Waals surface area contributed by atoms with Crippen LogP contribution in [-0.4, -0.2) is 29.4 Å². The van der Waals surface area contributed by atoms with E-state index in [0.29, 0.717) is 11.8 Å². The second-order valence-corrected chi connectivity index (χ2v) is 4.37. The van der Waals surface area contributed by atoms with Crippen LogP contribution in [0, 0.1) is 0 Å². The van der Waals surface area contributed by atoms with Crippen molar-refractivity contribution in [2.75, 3.05) is 11.9 Å². The second-order valence-electron chi connectivity index (χ2n) is 4.37. The molecule has 82 valence electrons. The number of hydrogen-bond acceptors (Lipinski definition) is 3. The Hall–Kier alpha value is -1.22. The van der Waals surface area contributed by atoms with Gasteiger partial charge in [-0.05, 0) is 43.5 Å². The first kappa shape index (κ1) is 10.3. The van der Waals surface area contributed by atoms with Gasteiger partial charge in [0.25, 0.3) is 0 Å². The van der Waals surface area contributed by atoms with Crippen LogP contribution in [0.1, 0.15) is 18.9 Å². The molecule has 1 aromatic rings. The molecule has 0 bridgehead atoms. The molecule has 2 unspecified atom stereocenters. The first-order chi connectivity index (χ1) is 7.08. The van der Waals surface area contributed by atoms with Gasteiger partial charge in [0.2, 0.25) is 0 Å². The van der Waals surface area contributed by atoms with Crippen LogP contribution < -0.4 is 4.90 Å². The minimum atomic E-state index is -0.277. The number of hydrogen-bond donors (Lipinski definition) is 2. The zero-order chi connectivity index (χ0) is 11.0. The van der Waals surface area contributed by atoms with Gasteiger partial charge in [-0.25, -0.2) is 0 Å². The van der Waals surface area contributed by atoms with E-state index in [1.165, 1.54) is 11.3 Å². The number of rotatable bonds is 2. The van der Waals surface area contributed by atoms with Gasteiger partial charge < -0.3 is 15.1 Å². The van der Waals surface area contributed by atoms with Crippen LogP contribution in [0.4, 0.5) is 5.69 Å². The Kier molecular flexibility index (Phi) is 2.57. The Labute approximate surface area is 90.0 Å². The minimum Gasteiger partial charge on any atom is -0.508 e. The van der Waals surface area contributed by atoms with Crippen molar-refractivity contribution in [3.05, 3.63) is 23.8 Å². The third kappa shape index (κ3) is 1.92. The smallest absolute Gasteiger partial charge is 0.116 e. The molecule has 2 N–H and O–H groups in total. The van der Waals surface area contributed by atoms with Gasteiger partial charge in [0, 0.05) is 18.8 Å². The highest BCUT2D eigenvalue weighted by atomic mass is 16.3. The molecule has 2 rings (SSSR count). The molecule has 0 amide bonds. The van der Waals surface area contributed by atoms with Gasteiger partial charge in [0.05, 0.1) is 6.10 Å². The molecule has 0 saturated carbocycles. The normalized spacial score (nSPS) is 21.5. The van der Waals surface area contributed by atoms with Gasteiger partial charge in [0.1, 0.15) is 5.75 Å². The Morgan fingerprint density at radius 3 is 2.93 bits per heavy atom. The monoisotopic (exact) mass is 207 g/mol. The van der Waals surface area contributed by atoms with E-state index in [1.54, 1.807) is 6.07 Å². The number of likely N-dealkylation sites (N-methyl/N-ethyl adjacent to an activating group) is 1. The average Bonchev–Trinajstić information content (AvgIpc) is 2.42. The second kappa shape index (κ2) is 3.74. The van der Waals surface area contributed by atoms with Gasteiger partial charge in [-0.1, -0.05) is 0 Å². The number of aromatic hydroxyl groups is 1. The summed E-state index contributed by atoms with van der Waals surface area (Å²) in [5.74, 6) is 0.319. The number of anilines is 1. The summed E-state index contributed by atoms with van der Waals surface area (Å²) < 4.78 is 0. The standard InChI is InChI=1S/C12H17NO2/c1-8(14)5-10-6-9-7-11(15)3-4-12(9)13(10)2/h3-4,7-8,10,14-15H,5-6H2,1-2H3. The fraction of sp³-hybridized carbons (Fsp3) is 0.500. The summed E-state index contributed by atoms with van der Waals surface area (Å²) in [6.45, 7) is 1.81. The summed E-state index contributed by atoms with van der Waals surface area (Å²) in [6.07, 6.45) is 1.40. The SMILES string of the molecule is CC(O)CC1Cc2cc(O)ccc2N1C. The molecule has 1 aliphatic rings. The molecule has 0 fully saturated rings. The molecule has 3 nitrogen and oxygen atoms in total. The summed E-state index contributed by atoms with van der Waals surface area (Å²) in [5, 5.41) is 18.8. The van der Waals surface area contributed by atoms with E-state index in [9.17, 15) is 10.2 Å². The van der Waals surface area contributed by atoms with Crippen molar-refractivity contribution in [2.24, 2.45) is 0 Å². The first-order valence-electron chi connectivity index (χ1n) is 5.30. The van der Waals surface area contributed by atoms with E-state index in [0.717, 1.165) is 12.8 Å². The van der Waals surface area contributed by atoms with Crippen LogP contribution in [0.2, 0.25) is 0 Å². The van der Waals surface area contributed by atoms with E-state index in [4.69, 9.17) is 0 Å². The number of nitrogens with zero attached hydrogens (tertiary/aromatic N) is 1. The molecule has 1 aliphatic heterocycles. The van der Waals surface area contributed by atoms with Crippen LogP contribution in [-0.2, 0) is 6.42 Å². The zero-order valence-electron chi connectivity index (χ0n) is 9.14. The molecular formula is C12H17NO2. The lowest BCUT2D eigenvalue weighted by Crippen LogP contribution is -2.30. The third-order valence-electron chi connectivity index (χ3n) is 3.06. The molecule has 1 heterocycles. The molecule has 15 heavy (non-hydrogen) atoms. The molecule has 3 heteroatoms. The van der Waals surface area contributed by atoms with Crippen LogP contribution in [0.5, 0.6) is 5.75 Å². The molecular weight excluding hydrogens is 190 g/mol. The summed E-state index contributed by atoms with van der Waals surface area (Å²) in [7, 11) is 2.04. The average molecular weight is 207 g/mol.